The van der Waals surface area contributed by atoms with Crippen LogP contribution in [0.5, 0.6) is 0 Å². The molecule has 0 atom stereocenters. The Balaban J connectivity index is 1.78. The van der Waals surface area contributed by atoms with Crippen LogP contribution in [0.2, 0.25) is 0 Å². The van der Waals surface area contributed by atoms with Crippen molar-refractivity contribution in [3.63, 3.8) is 0 Å². The van der Waals surface area contributed by atoms with Crippen molar-refractivity contribution in [1.82, 2.24) is 14.7 Å². The van der Waals surface area contributed by atoms with Gasteiger partial charge < -0.3 is 16.0 Å². The zero-order valence-electron chi connectivity index (χ0n) is 14.5. The monoisotopic (exact) mass is 341 g/mol. The molecule has 0 bridgehead atoms. The fourth-order valence-corrected chi connectivity index (χ4v) is 3.10. The number of nitrogens with one attached hydrogen (secondary N) is 1. The Morgan fingerprint density at radius 2 is 1.80 bits per heavy atom. The molecule has 2 heterocycles. The number of aromatic nitrogens is 2. The first-order chi connectivity index (χ1) is 11.9. The van der Waals surface area contributed by atoms with Gasteiger partial charge in [-0.15, -0.1) is 0 Å². The fourth-order valence-electron chi connectivity index (χ4n) is 3.10. The smallest absolute Gasteiger partial charge is 0.248 e. The van der Waals surface area contributed by atoms with E-state index in [0.717, 1.165) is 37.1 Å². The van der Waals surface area contributed by atoms with E-state index in [9.17, 15) is 9.59 Å². The van der Waals surface area contributed by atoms with E-state index in [-0.39, 0.29) is 11.8 Å². The summed E-state index contributed by atoms with van der Waals surface area (Å²) in [6.45, 7) is 1.86. The molecule has 1 aliphatic heterocycles. The number of aryl methyl sites for hydroxylation is 1. The molecule has 0 unspecified atom stereocenters. The lowest BCUT2D eigenvalue weighted by atomic mass is 9.96. The Morgan fingerprint density at radius 3 is 2.40 bits per heavy atom. The molecule has 7 nitrogen and oxygen atoms in total. The largest absolute Gasteiger partial charge is 0.366 e. The molecule has 3 rings (SSSR count). The van der Waals surface area contributed by atoms with Gasteiger partial charge in [0.15, 0.2) is 5.82 Å². The van der Waals surface area contributed by atoms with Crippen molar-refractivity contribution in [2.75, 3.05) is 25.5 Å². The number of nitrogens with two attached hydrogens (primary N) is 1. The highest BCUT2D eigenvalue weighted by Gasteiger charge is 2.25. The topological polar surface area (TPSA) is 93.2 Å². The number of rotatable bonds is 4. The first-order valence-electron chi connectivity index (χ1n) is 8.37. The van der Waals surface area contributed by atoms with Crippen molar-refractivity contribution >= 4 is 17.6 Å². The summed E-state index contributed by atoms with van der Waals surface area (Å²) in [5.74, 6) is 0.108. The number of carbonyl (C=O) groups is 2. The van der Waals surface area contributed by atoms with Crippen LogP contribution < -0.4 is 11.1 Å². The molecule has 2 aromatic rings. The minimum atomic E-state index is -0.464. The van der Waals surface area contributed by atoms with Gasteiger partial charge in [-0.25, -0.2) is 0 Å². The number of primary amides is 1. The molecule has 0 saturated carbocycles. The third-order valence-corrected chi connectivity index (χ3v) is 4.64. The summed E-state index contributed by atoms with van der Waals surface area (Å²) >= 11 is 0. The molecule has 0 radical (unpaired) electrons. The number of carbonyl (C=O) groups excluding carboxylic acids is 2. The van der Waals surface area contributed by atoms with E-state index in [0.29, 0.717) is 11.4 Å². The van der Waals surface area contributed by atoms with Crippen LogP contribution >= 0.6 is 0 Å². The van der Waals surface area contributed by atoms with Crippen LogP contribution in [0.25, 0.3) is 11.1 Å². The summed E-state index contributed by atoms with van der Waals surface area (Å²) in [5.41, 5.74) is 7.42. The number of benzene rings is 1. The first kappa shape index (κ1) is 17.2. The molecule has 3 N–H and O–H groups in total. The zero-order chi connectivity index (χ0) is 18.0. The number of hydrogen-bond acceptors (Lipinski definition) is 4. The van der Waals surface area contributed by atoms with Gasteiger partial charge in [-0.1, -0.05) is 12.1 Å². The van der Waals surface area contributed by atoms with E-state index in [1.54, 1.807) is 16.8 Å². The summed E-state index contributed by atoms with van der Waals surface area (Å²) in [7, 11) is 3.88. The van der Waals surface area contributed by atoms with Crippen LogP contribution in [0.4, 0.5) is 5.82 Å². The second kappa shape index (κ2) is 7.06. The lowest BCUT2D eigenvalue weighted by molar-refractivity contribution is -0.121. The van der Waals surface area contributed by atoms with Gasteiger partial charge in [0.2, 0.25) is 11.8 Å². The summed E-state index contributed by atoms with van der Waals surface area (Å²) in [4.78, 5) is 26.0. The molecule has 1 aliphatic rings. The Bertz CT molecular complexity index is 773. The second-order valence-electron chi connectivity index (χ2n) is 6.57. The van der Waals surface area contributed by atoms with Crippen LogP contribution in [0.3, 0.4) is 0 Å². The van der Waals surface area contributed by atoms with E-state index in [2.05, 4.69) is 22.4 Å². The summed E-state index contributed by atoms with van der Waals surface area (Å²) < 4.78 is 1.67. The number of likely N-dealkylation sites (tertiary alicyclic amines) is 1. The molecule has 2 amide bonds. The van der Waals surface area contributed by atoms with Gasteiger partial charge in [0.25, 0.3) is 0 Å². The zero-order valence-corrected chi connectivity index (χ0v) is 14.5. The third kappa shape index (κ3) is 3.88. The van der Waals surface area contributed by atoms with Gasteiger partial charge in [0.1, 0.15) is 0 Å². The Labute approximate surface area is 146 Å². The standard InChI is InChI=1S/C18H23N5O2/c1-22-9-7-14(8-10-22)18(25)20-17-15(11-23(2)21-17)12-3-5-13(6-4-12)16(19)24/h3-6,11,14H,7-10H2,1-2H3,(H2,19,24)(H,20,21,25). The lowest BCUT2D eigenvalue weighted by Gasteiger charge is -2.27. The first-order valence-corrected chi connectivity index (χ1v) is 8.37. The van der Waals surface area contributed by atoms with E-state index >= 15 is 0 Å². The van der Waals surface area contributed by atoms with Crippen molar-refractivity contribution in [2.45, 2.75) is 12.8 Å². The van der Waals surface area contributed by atoms with E-state index in [1.807, 2.05) is 25.4 Å². The highest BCUT2D eigenvalue weighted by atomic mass is 16.2. The molecule has 25 heavy (non-hydrogen) atoms. The highest BCUT2D eigenvalue weighted by Crippen LogP contribution is 2.28. The molecule has 1 aromatic carbocycles. The van der Waals surface area contributed by atoms with Gasteiger partial charge in [0.05, 0.1) is 0 Å². The maximum absolute atomic E-state index is 12.6. The fraction of sp³-hybridized carbons (Fsp3) is 0.389. The second-order valence-corrected chi connectivity index (χ2v) is 6.57. The van der Waals surface area contributed by atoms with Gasteiger partial charge in [0, 0.05) is 30.3 Å². The van der Waals surface area contributed by atoms with Gasteiger partial charge in [-0.05, 0) is 50.7 Å². The number of anilines is 1. The number of amides is 2. The molecule has 0 aliphatic carbocycles. The quantitative estimate of drug-likeness (QED) is 0.880. The van der Waals surface area contributed by atoms with Crippen molar-refractivity contribution in [3.05, 3.63) is 36.0 Å². The van der Waals surface area contributed by atoms with Crippen molar-refractivity contribution in [3.8, 4) is 11.1 Å². The average Bonchev–Trinajstić information content (AvgIpc) is 2.95. The minimum absolute atomic E-state index is 0.0156. The van der Waals surface area contributed by atoms with Crippen molar-refractivity contribution in [2.24, 2.45) is 18.7 Å². The number of piperidine rings is 1. The minimum Gasteiger partial charge on any atom is -0.366 e. The molecule has 1 aromatic heterocycles. The maximum Gasteiger partial charge on any atom is 0.248 e. The SMILES string of the molecule is CN1CCC(C(=O)Nc2nn(C)cc2-c2ccc(C(N)=O)cc2)CC1. The molecule has 1 fully saturated rings. The third-order valence-electron chi connectivity index (χ3n) is 4.64. The van der Waals surface area contributed by atoms with Gasteiger partial charge in [-0.3, -0.25) is 14.3 Å². The number of nitrogens with zero attached hydrogens (tertiary/aromatic N) is 3. The molecule has 132 valence electrons. The van der Waals surface area contributed by atoms with E-state index in [1.165, 1.54) is 0 Å². The van der Waals surface area contributed by atoms with Gasteiger partial charge in [-0.2, -0.15) is 5.10 Å². The molecule has 0 spiro atoms. The van der Waals surface area contributed by atoms with E-state index in [4.69, 9.17) is 5.73 Å². The highest BCUT2D eigenvalue weighted by molar-refractivity contribution is 5.96. The van der Waals surface area contributed by atoms with Crippen LogP contribution in [0.15, 0.2) is 30.5 Å². The molecule has 1 saturated heterocycles. The summed E-state index contributed by atoms with van der Waals surface area (Å²) in [6, 6.07) is 6.96. The van der Waals surface area contributed by atoms with Crippen molar-refractivity contribution in [1.29, 1.82) is 0 Å². The summed E-state index contributed by atoms with van der Waals surface area (Å²) in [6.07, 6.45) is 3.57. The normalized spacial score (nSPS) is 15.9. The predicted octanol–water partition coefficient (Wildman–Crippen LogP) is 1.47. The molecule has 7 heteroatoms. The van der Waals surface area contributed by atoms with Crippen LogP contribution in [0, 0.1) is 5.92 Å². The Kier molecular flexibility index (Phi) is 4.85. The molecular weight excluding hydrogens is 318 g/mol. The van der Waals surface area contributed by atoms with Crippen LogP contribution in [-0.4, -0.2) is 46.6 Å². The van der Waals surface area contributed by atoms with Gasteiger partial charge >= 0.3 is 0 Å². The average molecular weight is 341 g/mol. The Morgan fingerprint density at radius 1 is 1.16 bits per heavy atom. The van der Waals surface area contributed by atoms with Crippen LogP contribution in [0.1, 0.15) is 23.2 Å². The lowest BCUT2D eigenvalue weighted by Crippen LogP contribution is -2.36. The number of hydrogen-bond donors (Lipinski definition) is 2. The Hall–Kier alpha value is -2.67. The van der Waals surface area contributed by atoms with Crippen molar-refractivity contribution < 1.29 is 9.59 Å². The van der Waals surface area contributed by atoms with E-state index < -0.39 is 5.91 Å². The summed E-state index contributed by atoms with van der Waals surface area (Å²) in [5, 5.41) is 7.35. The maximum atomic E-state index is 12.6. The molecular formula is C18H23N5O2. The van der Waals surface area contributed by atoms with Crippen LogP contribution in [-0.2, 0) is 11.8 Å². The predicted molar refractivity (Wildman–Crippen MR) is 96.0 cm³/mol.